The Hall–Kier alpha value is -2.86. The first-order valence-corrected chi connectivity index (χ1v) is 11.0. The van der Waals surface area contributed by atoms with Gasteiger partial charge < -0.3 is 4.98 Å². The van der Waals surface area contributed by atoms with E-state index in [1.54, 1.807) is 0 Å². The fourth-order valence-corrected chi connectivity index (χ4v) is 4.86. The van der Waals surface area contributed by atoms with Crippen LogP contribution < -0.4 is 0 Å². The van der Waals surface area contributed by atoms with Crippen molar-refractivity contribution in [3.63, 3.8) is 0 Å². The summed E-state index contributed by atoms with van der Waals surface area (Å²) >= 11 is 0. The van der Waals surface area contributed by atoms with Crippen molar-refractivity contribution >= 4 is 22.8 Å². The number of carbonyl (C=O) groups excluding carboxylic acids is 1. The van der Waals surface area contributed by atoms with Crippen LogP contribution in [0.1, 0.15) is 55.1 Å². The number of nitrogens with one attached hydrogen (secondary N) is 1. The predicted molar refractivity (Wildman–Crippen MR) is 119 cm³/mol. The van der Waals surface area contributed by atoms with Crippen LogP contribution in [0.25, 0.3) is 17.0 Å². The molecule has 1 N–H and O–H groups in total. The molecule has 0 saturated heterocycles. The molecule has 2 atom stereocenters. The average molecular weight is 438 g/mol. The first-order valence-electron chi connectivity index (χ1n) is 11.0. The Kier molecular flexibility index (Phi) is 5.01. The van der Waals surface area contributed by atoms with Crippen LogP contribution in [0.15, 0.2) is 42.5 Å². The molecule has 1 aromatic heterocycles. The van der Waals surface area contributed by atoms with Gasteiger partial charge in [0.1, 0.15) is 17.3 Å². The smallest absolute Gasteiger partial charge is 0.152 e. The maximum absolute atomic E-state index is 15.4. The quantitative estimate of drug-likeness (QED) is 0.505. The zero-order valence-corrected chi connectivity index (χ0v) is 18.1. The molecular weight excluding hydrogens is 413 g/mol. The summed E-state index contributed by atoms with van der Waals surface area (Å²) in [4.78, 5) is 16.5. The van der Waals surface area contributed by atoms with Gasteiger partial charge in [0.05, 0.1) is 6.04 Å². The molecule has 1 aliphatic carbocycles. The van der Waals surface area contributed by atoms with E-state index >= 15 is 8.78 Å². The lowest BCUT2D eigenvalue weighted by Crippen LogP contribution is -2.46. The third-order valence-corrected chi connectivity index (χ3v) is 6.66. The molecule has 2 aromatic carbocycles. The molecule has 1 aliphatic heterocycles. The van der Waals surface area contributed by atoms with Crippen molar-refractivity contribution in [2.75, 3.05) is 6.54 Å². The minimum atomic E-state index is -1.30. The van der Waals surface area contributed by atoms with E-state index in [1.165, 1.54) is 31.2 Å². The third-order valence-electron chi connectivity index (χ3n) is 6.66. The van der Waals surface area contributed by atoms with E-state index in [9.17, 15) is 9.18 Å². The molecule has 32 heavy (non-hydrogen) atoms. The second-order valence-corrected chi connectivity index (χ2v) is 9.18. The zero-order chi connectivity index (χ0) is 22.6. The molecule has 2 aliphatic rings. The Balaban J connectivity index is 1.68. The number of hydrogen-bond acceptors (Lipinski definition) is 2. The van der Waals surface area contributed by atoms with Crippen LogP contribution in [0, 0.1) is 11.6 Å². The molecule has 0 amide bonds. The highest BCUT2D eigenvalue weighted by Gasteiger charge is 2.49. The summed E-state index contributed by atoms with van der Waals surface area (Å²) < 4.78 is 45.7. The van der Waals surface area contributed by atoms with E-state index in [0.29, 0.717) is 19.3 Å². The number of allylic oxidation sites excluding steroid dienone is 1. The molecule has 1 saturated carbocycles. The number of ketones is 1. The fraction of sp³-hybridized carbons (Fsp3) is 0.346. The van der Waals surface area contributed by atoms with Gasteiger partial charge in [-0.3, -0.25) is 9.69 Å². The largest absolute Gasteiger partial charge is 0.357 e. The number of alkyl halides is 1. The van der Waals surface area contributed by atoms with Crippen LogP contribution in [-0.4, -0.2) is 33.9 Å². The van der Waals surface area contributed by atoms with Gasteiger partial charge in [0.2, 0.25) is 0 Å². The van der Waals surface area contributed by atoms with Gasteiger partial charge in [-0.2, -0.15) is 0 Å². The molecule has 3 aromatic rings. The van der Waals surface area contributed by atoms with E-state index in [2.05, 4.69) is 4.98 Å². The van der Waals surface area contributed by atoms with Gasteiger partial charge in [0, 0.05) is 34.7 Å². The highest BCUT2D eigenvalue weighted by atomic mass is 19.1. The maximum Gasteiger partial charge on any atom is 0.152 e. The van der Waals surface area contributed by atoms with Crippen LogP contribution in [0.3, 0.4) is 0 Å². The van der Waals surface area contributed by atoms with E-state index in [1.807, 2.05) is 36.1 Å². The third kappa shape index (κ3) is 3.66. The van der Waals surface area contributed by atoms with E-state index in [4.69, 9.17) is 0 Å². The van der Waals surface area contributed by atoms with E-state index in [0.717, 1.165) is 22.2 Å². The number of rotatable bonds is 5. The number of aromatic nitrogens is 1. The average Bonchev–Trinajstić information content (AvgIpc) is 3.35. The van der Waals surface area contributed by atoms with Gasteiger partial charge in [-0.25, -0.2) is 13.2 Å². The highest BCUT2D eigenvalue weighted by molar-refractivity contribution is 5.91. The lowest BCUT2D eigenvalue weighted by molar-refractivity contribution is -0.112. The zero-order valence-electron chi connectivity index (χ0n) is 18.1. The lowest BCUT2D eigenvalue weighted by Gasteiger charge is -2.42. The van der Waals surface area contributed by atoms with Crippen LogP contribution in [0.4, 0.5) is 13.2 Å². The molecular formula is C26H25F3N2O. The summed E-state index contributed by atoms with van der Waals surface area (Å²) in [5.74, 6) is -1.61. The maximum atomic E-state index is 15.4. The molecule has 2 heterocycles. The Bertz CT molecular complexity index is 1220. The van der Waals surface area contributed by atoms with Gasteiger partial charge in [-0.15, -0.1) is 0 Å². The molecule has 0 radical (unpaired) electrons. The molecule has 6 heteroatoms. The minimum Gasteiger partial charge on any atom is -0.357 e. The molecule has 0 unspecified atom stereocenters. The number of fused-ring (bicyclic) bond motifs is 3. The van der Waals surface area contributed by atoms with Crippen molar-refractivity contribution in [2.45, 2.75) is 50.9 Å². The topological polar surface area (TPSA) is 36.1 Å². The number of halogens is 3. The molecule has 0 spiro atoms. The molecule has 3 nitrogen and oxygen atoms in total. The summed E-state index contributed by atoms with van der Waals surface area (Å²) in [7, 11) is 0. The van der Waals surface area contributed by atoms with Gasteiger partial charge in [0.25, 0.3) is 0 Å². The number of nitrogens with zero attached hydrogens (tertiary/aromatic N) is 1. The van der Waals surface area contributed by atoms with Crippen molar-refractivity contribution in [3.8, 4) is 0 Å². The molecule has 0 bridgehead atoms. The Morgan fingerprint density at radius 3 is 2.56 bits per heavy atom. The Morgan fingerprint density at radius 2 is 1.91 bits per heavy atom. The van der Waals surface area contributed by atoms with Crippen molar-refractivity contribution in [3.05, 3.63) is 76.5 Å². The summed E-state index contributed by atoms with van der Waals surface area (Å²) in [5, 5.41) is 1.03. The SMILES string of the molecule is CC(=O)/C=C/c1cc(F)c([C@@H]2c3[nH]c4ccccc4c3C[C@@H](C)N2CC2(F)CC2)c(F)c1. The number of hydrogen-bond donors (Lipinski definition) is 1. The highest BCUT2D eigenvalue weighted by Crippen LogP contribution is 2.47. The van der Waals surface area contributed by atoms with Gasteiger partial charge in [0.15, 0.2) is 5.78 Å². The van der Waals surface area contributed by atoms with Crippen LogP contribution in [0.5, 0.6) is 0 Å². The van der Waals surface area contributed by atoms with Gasteiger partial charge in [-0.05, 0) is 68.5 Å². The Labute approximate surface area is 184 Å². The van der Waals surface area contributed by atoms with E-state index in [-0.39, 0.29) is 29.5 Å². The first-order chi connectivity index (χ1) is 15.3. The fourth-order valence-electron chi connectivity index (χ4n) is 4.86. The van der Waals surface area contributed by atoms with Gasteiger partial charge >= 0.3 is 0 Å². The number of H-pyrrole nitrogens is 1. The summed E-state index contributed by atoms with van der Waals surface area (Å²) in [5.41, 5.74) is 1.53. The minimum absolute atomic E-state index is 0.0870. The van der Waals surface area contributed by atoms with Crippen molar-refractivity contribution < 1.29 is 18.0 Å². The lowest BCUT2D eigenvalue weighted by atomic mass is 9.87. The number of aromatic amines is 1. The molecule has 1 fully saturated rings. The standard InChI is InChI=1S/C26H25F3N2O/c1-15-11-19-18-5-3-4-6-22(18)30-24(19)25(31(15)14-26(29)9-10-26)23-20(27)12-17(13-21(23)28)8-7-16(2)32/h3-8,12-13,15,25,30H,9-11,14H2,1-2H3/b8-7+/t15-,25-/m1/s1. The van der Waals surface area contributed by atoms with Crippen LogP contribution >= 0.6 is 0 Å². The monoisotopic (exact) mass is 438 g/mol. The van der Waals surface area contributed by atoms with Crippen LogP contribution in [0.2, 0.25) is 0 Å². The summed E-state index contributed by atoms with van der Waals surface area (Å²) in [6.45, 7) is 3.50. The number of benzene rings is 2. The molecule has 166 valence electrons. The second kappa shape index (κ2) is 7.62. The van der Waals surface area contributed by atoms with Crippen molar-refractivity contribution in [1.82, 2.24) is 9.88 Å². The normalized spacial score (nSPS) is 22.4. The Morgan fingerprint density at radius 1 is 1.22 bits per heavy atom. The second-order valence-electron chi connectivity index (χ2n) is 9.18. The van der Waals surface area contributed by atoms with Crippen molar-refractivity contribution in [2.24, 2.45) is 0 Å². The van der Waals surface area contributed by atoms with E-state index < -0.39 is 23.3 Å². The first kappa shape index (κ1) is 21.0. The van der Waals surface area contributed by atoms with Crippen molar-refractivity contribution in [1.29, 1.82) is 0 Å². The molecule has 5 rings (SSSR count). The summed E-state index contributed by atoms with van der Waals surface area (Å²) in [6, 6.07) is 9.43. The predicted octanol–water partition coefficient (Wildman–Crippen LogP) is 5.89. The number of para-hydroxylation sites is 1. The van der Waals surface area contributed by atoms with Crippen LogP contribution in [-0.2, 0) is 11.2 Å². The van der Waals surface area contributed by atoms with Gasteiger partial charge in [-0.1, -0.05) is 24.3 Å². The summed E-state index contributed by atoms with van der Waals surface area (Å²) in [6.07, 6.45) is 4.30. The number of carbonyl (C=O) groups is 1.